The lowest BCUT2D eigenvalue weighted by Gasteiger charge is -2.04. The SMILES string of the molecule is Cn1c(SCC(=O)O)nnc1-c1ccc2ccccc2c1. The van der Waals surface area contributed by atoms with Crippen LogP contribution >= 0.6 is 11.8 Å². The Balaban J connectivity index is 1.97. The molecule has 0 radical (unpaired) electrons. The summed E-state index contributed by atoms with van der Waals surface area (Å²) in [6.45, 7) is 0. The van der Waals surface area contributed by atoms with Gasteiger partial charge in [0.25, 0.3) is 0 Å². The molecule has 6 heteroatoms. The van der Waals surface area contributed by atoms with E-state index in [1.165, 1.54) is 5.39 Å². The molecule has 0 aliphatic carbocycles. The number of carbonyl (C=O) groups is 1. The summed E-state index contributed by atoms with van der Waals surface area (Å²) in [5.74, 6) is -0.159. The number of rotatable bonds is 4. The number of carboxylic acids is 1. The summed E-state index contributed by atoms with van der Waals surface area (Å²) < 4.78 is 1.82. The number of thioether (sulfide) groups is 1. The molecule has 1 aromatic heterocycles. The maximum Gasteiger partial charge on any atom is 0.313 e. The number of carboxylic acid groups (broad SMARTS) is 1. The van der Waals surface area contributed by atoms with Gasteiger partial charge in [0.15, 0.2) is 11.0 Å². The number of benzene rings is 2. The maximum atomic E-state index is 10.6. The molecule has 0 amide bonds. The van der Waals surface area contributed by atoms with Crippen molar-refractivity contribution in [2.45, 2.75) is 5.16 Å². The van der Waals surface area contributed by atoms with Gasteiger partial charge in [-0.2, -0.15) is 0 Å². The molecule has 0 saturated carbocycles. The highest BCUT2D eigenvalue weighted by Crippen LogP contribution is 2.25. The van der Waals surface area contributed by atoms with Gasteiger partial charge in [-0.3, -0.25) is 4.79 Å². The molecular weight excluding hydrogens is 286 g/mol. The van der Waals surface area contributed by atoms with Crippen LogP contribution in [0.4, 0.5) is 0 Å². The largest absolute Gasteiger partial charge is 0.481 e. The van der Waals surface area contributed by atoms with Gasteiger partial charge < -0.3 is 9.67 Å². The van der Waals surface area contributed by atoms with Gasteiger partial charge >= 0.3 is 5.97 Å². The van der Waals surface area contributed by atoms with Gasteiger partial charge in [0, 0.05) is 12.6 Å². The molecule has 3 rings (SSSR count). The zero-order valence-electron chi connectivity index (χ0n) is 11.4. The minimum absolute atomic E-state index is 0.0241. The van der Waals surface area contributed by atoms with E-state index in [1.807, 2.05) is 35.9 Å². The van der Waals surface area contributed by atoms with Gasteiger partial charge in [-0.25, -0.2) is 0 Å². The molecule has 3 aromatic rings. The van der Waals surface area contributed by atoms with E-state index in [0.717, 1.165) is 28.5 Å². The number of fused-ring (bicyclic) bond motifs is 1. The molecule has 1 N–H and O–H groups in total. The Kier molecular flexibility index (Phi) is 3.62. The van der Waals surface area contributed by atoms with E-state index >= 15 is 0 Å². The number of hydrogen-bond donors (Lipinski definition) is 1. The lowest BCUT2D eigenvalue weighted by molar-refractivity contribution is -0.133. The van der Waals surface area contributed by atoms with E-state index in [4.69, 9.17) is 5.11 Å². The highest BCUT2D eigenvalue weighted by atomic mass is 32.2. The Hall–Kier alpha value is -2.34. The summed E-state index contributed by atoms with van der Waals surface area (Å²) >= 11 is 1.16. The van der Waals surface area contributed by atoms with Crippen LogP contribution in [0.15, 0.2) is 47.6 Å². The normalized spacial score (nSPS) is 10.9. The second kappa shape index (κ2) is 5.57. The second-order valence-electron chi connectivity index (χ2n) is 4.61. The van der Waals surface area contributed by atoms with Crippen molar-refractivity contribution in [1.29, 1.82) is 0 Å². The predicted molar refractivity (Wildman–Crippen MR) is 82.3 cm³/mol. The topological polar surface area (TPSA) is 68.0 Å². The Morgan fingerprint density at radius 3 is 2.71 bits per heavy atom. The third-order valence-electron chi connectivity index (χ3n) is 3.17. The third-order valence-corrected chi connectivity index (χ3v) is 4.17. The molecule has 0 spiro atoms. The molecule has 0 unspecified atom stereocenters. The Morgan fingerprint density at radius 2 is 1.95 bits per heavy atom. The fourth-order valence-corrected chi connectivity index (χ4v) is 2.78. The lowest BCUT2D eigenvalue weighted by Crippen LogP contribution is -2.01. The van der Waals surface area contributed by atoms with Crippen LogP contribution in [0, 0.1) is 0 Å². The number of aromatic nitrogens is 3. The quantitative estimate of drug-likeness (QED) is 0.750. The lowest BCUT2D eigenvalue weighted by atomic mass is 10.1. The number of hydrogen-bond acceptors (Lipinski definition) is 4. The summed E-state index contributed by atoms with van der Waals surface area (Å²) in [6.07, 6.45) is 0. The van der Waals surface area contributed by atoms with Crippen LogP contribution in [-0.4, -0.2) is 31.6 Å². The first-order valence-corrected chi connectivity index (χ1v) is 7.37. The van der Waals surface area contributed by atoms with Crippen LogP contribution in [0.25, 0.3) is 22.2 Å². The highest BCUT2D eigenvalue weighted by Gasteiger charge is 2.12. The monoisotopic (exact) mass is 299 g/mol. The van der Waals surface area contributed by atoms with Gasteiger partial charge in [-0.1, -0.05) is 48.2 Å². The van der Waals surface area contributed by atoms with Crippen molar-refractivity contribution in [2.75, 3.05) is 5.75 Å². The fourth-order valence-electron chi connectivity index (χ4n) is 2.15. The van der Waals surface area contributed by atoms with E-state index in [-0.39, 0.29) is 5.75 Å². The number of aliphatic carboxylic acids is 1. The van der Waals surface area contributed by atoms with Crippen LogP contribution in [0.5, 0.6) is 0 Å². The van der Waals surface area contributed by atoms with Crippen molar-refractivity contribution < 1.29 is 9.90 Å². The van der Waals surface area contributed by atoms with E-state index in [1.54, 1.807) is 0 Å². The number of nitrogens with zero attached hydrogens (tertiary/aromatic N) is 3. The van der Waals surface area contributed by atoms with Gasteiger partial charge in [0.1, 0.15) is 0 Å². The zero-order chi connectivity index (χ0) is 14.8. The van der Waals surface area contributed by atoms with Crippen molar-refractivity contribution in [1.82, 2.24) is 14.8 Å². The molecule has 1 heterocycles. The minimum atomic E-state index is -0.866. The second-order valence-corrected chi connectivity index (χ2v) is 5.55. The molecular formula is C15H13N3O2S. The van der Waals surface area contributed by atoms with Gasteiger partial charge in [-0.15, -0.1) is 10.2 Å². The van der Waals surface area contributed by atoms with Crippen molar-refractivity contribution >= 4 is 28.5 Å². The third kappa shape index (κ3) is 2.75. The zero-order valence-corrected chi connectivity index (χ0v) is 12.2. The molecule has 0 bridgehead atoms. The summed E-state index contributed by atoms with van der Waals surface area (Å²) in [5.41, 5.74) is 0.964. The van der Waals surface area contributed by atoms with Crippen molar-refractivity contribution in [2.24, 2.45) is 7.05 Å². The molecule has 0 aliphatic heterocycles. The van der Waals surface area contributed by atoms with E-state index in [0.29, 0.717) is 5.16 Å². The standard InChI is InChI=1S/C15H13N3O2S/c1-18-14(16-17-15(18)21-9-13(19)20)12-7-6-10-4-2-3-5-11(10)8-12/h2-8H,9H2,1H3,(H,19,20). The summed E-state index contributed by atoms with van der Waals surface area (Å²) in [4.78, 5) is 10.6. The Morgan fingerprint density at radius 1 is 1.19 bits per heavy atom. The van der Waals surface area contributed by atoms with E-state index in [2.05, 4.69) is 28.4 Å². The van der Waals surface area contributed by atoms with Crippen LogP contribution < -0.4 is 0 Å². The van der Waals surface area contributed by atoms with Crippen LogP contribution in [0.2, 0.25) is 0 Å². The molecule has 0 aliphatic rings. The molecule has 2 aromatic carbocycles. The fraction of sp³-hybridized carbons (Fsp3) is 0.133. The summed E-state index contributed by atoms with van der Waals surface area (Å²) in [6, 6.07) is 14.2. The van der Waals surface area contributed by atoms with Gasteiger partial charge in [0.05, 0.1) is 5.75 Å². The van der Waals surface area contributed by atoms with Crippen LogP contribution in [-0.2, 0) is 11.8 Å². The predicted octanol–water partition coefficient (Wildman–Crippen LogP) is 2.81. The molecule has 0 saturated heterocycles. The van der Waals surface area contributed by atoms with Crippen molar-refractivity contribution in [3.05, 3.63) is 42.5 Å². The first kappa shape index (κ1) is 13.6. The maximum absolute atomic E-state index is 10.6. The van der Waals surface area contributed by atoms with Crippen LogP contribution in [0.1, 0.15) is 0 Å². The van der Waals surface area contributed by atoms with Crippen LogP contribution in [0.3, 0.4) is 0 Å². The molecule has 0 fully saturated rings. The molecule has 5 nitrogen and oxygen atoms in total. The van der Waals surface area contributed by atoms with Gasteiger partial charge in [-0.05, 0) is 16.8 Å². The Bertz CT molecular complexity index is 814. The van der Waals surface area contributed by atoms with Crippen molar-refractivity contribution in [3.8, 4) is 11.4 Å². The molecule has 21 heavy (non-hydrogen) atoms. The first-order valence-electron chi connectivity index (χ1n) is 6.38. The Labute approximate surface area is 125 Å². The van der Waals surface area contributed by atoms with E-state index in [9.17, 15) is 4.79 Å². The van der Waals surface area contributed by atoms with Crippen molar-refractivity contribution in [3.63, 3.8) is 0 Å². The average molecular weight is 299 g/mol. The van der Waals surface area contributed by atoms with Gasteiger partial charge in [0.2, 0.25) is 0 Å². The smallest absolute Gasteiger partial charge is 0.313 e. The molecule has 0 atom stereocenters. The average Bonchev–Trinajstić information content (AvgIpc) is 2.85. The highest BCUT2D eigenvalue weighted by molar-refractivity contribution is 7.99. The minimum Gasteiger partial charge on any atom is -0.481 e. The molecule has 106 valence electrons. The first-order chi connectivity index (χ1) is 10.1. The summed E-state index contributed by atoms with van der Waals surface area (Å²) in [5, 5.41) is 19.9. The van der Waals surface area contributed by atoms with E-state index < -0.39 is 5.97 Å². The summed E-state index contributed by atoms with van der Waals surface area (Å²) in [7, 11) is 1.84.